The second kappa shape index (κ2) is 5.00. The fourth-order valence-corrected chi connectivity index (χ4v) is 2.50. The molecule has 1 amide bonds. The molecule has 1 atom stereocenters. The minimum atomic E-state index is 0.131. The minimum Gasteiger partial charge on any atom is -0.342 e. The van der Waals surface area contributed by atoms with E-state index in [0.29, 0.717) is 11.0 Å². The number of carbonyl (C=O) groups is 1. The number of halogens is 1. The first-order valence-corrected chi connectivity index (χ1v) is 6.20. The monoisotopic (exact) mass is 253 g/mol. The molecule has 0 aromatic carbocycles. The van der Waals surface area contributed by atoms with Crippen molar-refractivity contribution in [3.63, 3.8) is 0 Å². The van der Waals surface area contributed by atoms with Gasteiger partial charge in [0.1, 0.15) is 11.0 Å². The predicted molar refractivity (Wildman–Crippen MR) is 66.0 cm³/mol. The Morgan fingerprint density at radius 2 is 2.29 bits per heavy atom. The molecule has 1 aliphatic rings. The average molecular weight is 254 g/mol. The van der Waals surface area contributed by atoms with Crippen LogP contribution in [0.3, 0.4) is 0 Å². The van der Waals surface area contributed by atoms with Gasteiger partial charge in [-0.1, -0.05) is 11.6 Å². The van der Waals surface area contributed by atoms with Gasteiger partial charge >= 0.3 is 0 Å². The van der Waals surface area contributed by atoms with Crippen molar-refractivity contribution in [1.82, 2.24) is 14.9 Å². The van der Waals surface area contributed by atoms with Gasteiger partial charge in [-0.05, 0) is 25.8 Å². The fraction of sp³-hybridized carbons (Fsp3) is 0.583. The molecule has 2 heterocycles. The summed E-state index contributed by atoms with van der Waals surface area (Å²) in [5.41, 5.74) is 0.952. The maximum atomic E-state index is 11.4. The van der Waals surface area contributed by atoms with Crippen LogP contribution in [0.1, 0.15) is 37.2 Å². The van der Waals surface area contributed by atoms with Crippen LogP contribution >= 0.6 is 11.6 Å². The van der Waals surface area contributed by atoms with E-state index in [1.165, 1.54) is 0 Å². The van der Waals surface area contributed by atoms with Gasteiger partial charge in [0.25, 0.3) is 0 Å². The summed E-state index contributed by atoms with van der Waals surface area (Å²) in [6.45, 7) is 5.04. The summed E-state index contributed by atoms with van der Waals surface area (Å²) >= 11 is 5.94. The van der Waals surface area contributed by atoms with Gasteiger partial charge in [0, 0.05) is 25.9 Å². The second-order valence-electron chi connectivity index (χ2n) is 4.47. The van der Waals surface area contributed by atoms with E-state index >= 15 is 0 Å². The van der Waals surface area contributed by atoms with Crippen LogP contribution in [-0.4, -0.2) is 33.9 Å². The van der Waals surface area contributed by atoms with Gasteiger partial charge in [0.15, 0.2) is 0 Å². The van der Waals surface area contributed by atoms with Gasteiger partial charge in [-0.2, -0.15) is 0 Å². The molecule has 17 heavy (non-hydrogen) atoms. The van der Waals surface area contributed by atoms with Crippen LogP contribution in [0.25, 0.3) is 0 Å². The summed E-state index contributed by atoms with van der Waals surface area (Å²) in [5, 5.41) is 0.479. The van der Waals surface area contributed by atoms with E-state index in [0.717, 1.165) is 31.6 Å². The van der Waals surface area contributed by atoms with Crippen molar-refractivity contribution in [3.8, 4) is 0 Å². The summed E-state index contributed by atoms with van der Waals surface area (Å²) in [6, 6.07) is 1.81. The van der Waals surface area contributed by atoms with E-state index in [1.807, 2.05) is 17.9 Å². The van der Waals surface area contributed by atoms with Crippen molar-refractivity contribution in [1.29, 1.82) is 0 Å². The van der Waals surface area contributed by atoms with E-state index < -0.39 is 0 Å². The molecule has 0 radical (unpaired) electrons. The first kappa shape index (κ1) is 12.3. The number of carbonyl (C=O) groups excluding carboxylic acids is 1. The number of rotatable bonds is 1. The average Bonchev–Trinajstić information content (AvgIpc) is 2.28. The molecular weight excluding hydrogens is 238 g/mol. The van der Waals surface area contributed by atoms with Crippen LogP contribution in [0, 0.1) is 6.92 Å². The van der Waals surface area contributed by atoms with Crippen LogP contribution in [-0.2, 0) is 4.79 Å². The summed E-state index contributed by atoms with van der Waals surface area (Å²) in [4.78, 5) is 21.7. The Kier molecular flexibility index (Phi) is 3.62. The second-order valence-corrected chi connectivity index (χ2v) is 4.85. The Balaban J connectivity index is 2.18. The van der Waals surface area contributed by atoms with Crippen molar-refractivity contribution in [3.05, 3.63) is 22.7 Å². The zero-order valence-electron chi connectivity index (χ0n) is 10.1. The maximum absolute atomic E-state index is 11.4. The molecule has 0 saturated carbocycles. The van der Waals surface area contributed by atoms with Gasteiger partial charge in [-0.15, -0.1) is 0 Å². The number of nitrogens with zero attached hydrogens (tertiary/aromatic N) is 3. The first-order valence-electron chi connectivity index (χ1n) is 5.83. The minimum absolute atomic E-state index is 0.131. The number of likely N-dealkylation sites (tertiary alicyclic amines) is 1. The number of aromatic nitrogens is 2. The van der Waals surface area contributed by atoms with Crippen LogP contribution in [0.4, 0.5) is 0 Å². The Morgan fingerprint density at radius 3 is 2.94 bits per heavy atom. The van der Waals surface area contributed by atoms with Crippen molar-refractivity contribution in [2.45, 2.75) is 32.6 Å². The molecule has 1 saturated heterocycles. The molecule has 5 heteroatoms. The lowest BCUT2D eigenvalue weighted by molar-refractivity contribution is -0.130. The summed E-state index contributed by atoms with van der Waals surface area (Å²) < 4.78 is 0. The molecular formula is C12H16ClN3O. The van der Waals surface area contributed by atoms with Gasteiger partial charge in [0.2, 0.25) is 5.91 Å². The Hall–Kier alpha value is -1.16. The highest BCUT2D eigenvalue weighted by atomic mass is 35.5. The van der Waals surface area contributed by atoms with Crippen LogP contribution < -0.4 is 0 Å². The fourth-order valence-electron chi connectivity index (χ4n) is 2.27. The summed E-state index contributed by atoms with van der Waals surface area (Å²) in [6.07, 6.45) is 2.07. The van der Waals surface area contributed by atoms with E-state index in [-0.39, 0.29) is 11.8 Å². The molecule has 92 valence electrons. The molecule has 1 unspecified atom stereocenters. The number of aryl methyl sites for hydroxylation is 1. The third-order valence-electron chi connectivity index (χ3n) is 3.11. The maximum Gasteiger partial charge on any atom is 0.219 e. The molecule has 4 nitrogen and oxygen atoms in total. The third kappa shape index (κ3) is 2.94. The van der Waals surface area contributed by atoms with Crippen LogP contribution in [0.15, 0.2) is 6.07 Å². The third-order valence-corrected chi connectivity index (χ3v) is 3.31. The number of amides is 1. The van der Waals surface area contributed by atoms with Gasteiger partial charge in [-0.3, -0.25) is 4.79 Å². The lowest BCUT2D eigenvalue weighted by atomic mass is 9.94. The zero-order valence-corrected chi connectivity index (χ0v) is 10.9. The van der Waals surface area contributed by atoms with Gasteiger partial charge in [-0.25, -0.2) is 9.97 Å². The predicted octanol–water partition coefficient (Wildman–Crippen LogP) is 2.16. The van der Waals surface area contributed by atoms with Crippen molar-refractivity contribution < 1.29 is 4.79 Å². The number of piperidine rings is 1. The van der Waals surface area contributed by atoms with Gasteiger partial charge in [0.05, 0.1) is 5.69 Å². The van der Waals surface area contributed by atoms with E-state index in [9.17, 15) is 4.79 Å². The van der Waals surface area contributed by atoms with Crippen molar-refractivity contribution in [2.75, 3.05) is 13.1 Å². The van der Waals surface area contributed by atoms with Crippen molar-refractivity contribution >= 4 is 17.5 Å². The lowest BCUT2D eigenvalue weighted by Crippen LogP contribution is -2.37. The molecule has 1 aliphatic heterocycles. The lowest BCUT2D eigenvalue weighted by Gasteiger charge is -2.31. The summed E-state index contributed by atoms with van der Waals surface area (Å²) in [7, 11) is 0. The molecule has 0 N–H and O–H groups in total. The van der Waals surface area contributed by atoms with E-state index in [1.54, 1.807) is 6.92 Å². The standard InChI is InChI=1S/C12H16ClN3O/c1-8-14-11(6-12(13)15-8)10-4-3-5-16(7-10)9(2)17/h6,10H,3-5,7H2,1-2H3. The number of hydrogen-bond acceptors (Lipinski definition) is 3. The van der Waals surface area contributed by atoms with E-state index in [4.69, 9.17) is 11.6 Å². The highest BCUT2D eigenvalue weighted by Crippen LogP contribution is 2.26. The molecule has 1 fully saturated rings. The molecule has 0 aliphatic carbocycles. The Bertz CT molecular complexity index is 416. The largest absolute Gasteiger partial charge is 0.342 e. The summed E-state index contributed by atoms with van der Waals surface area (Å²) in [5.74, 6) is 1.10. The van der Waals surface area contributed by atoms with Crippen molar-refractivity contribution in [2.24, 2.45) is 0 Å². The van der Waals surface area contributed by atoms with Crippen LogP contribution in [0.2, 0.25) is 5.15 Å². The highest BCUT2D eigenvalue weighted by Gasteiger charge is 2.24. The van der Waals surface area contributed by atoms with E-state index in [2.05, 4.69) is 9.97 Å². The highest BCUT2D eigenvalue weighted by molar-refractivity contribution is 6.29. The molecule has 1 aromatic heterocycles. The number of hydrogen-bond donors (Lipinski definition) is 0. The van der Waals surface area contributed by atoms with Crippen LogP contribution in [0.5, 0.6) is 0 Å². The Morgan fingerprint density at radius 1 is 1.53 bits per heavy atom. The topological polar surface area (TPSA) is 46.1 Å². The van der Waals surface area contributed by atoms with Gasteiger partial charge < -0.3 is 4.90 Å². The molecule has 0 spiro atoms. The molecule has 2 rings (SSSR count). The first-order chi connectivity index (χ1) is 8.06. The molecule has 1 aromatic rings. The molecule has 0 bridgehead atoms. The normalized spacial score (nSPS) is 20.4. The SMILES string of the molecule is CC(=O)N1CCCC(c2cc(Cl)nc(C)n2)C1. The zero-order chi connectivity index (χ0) is 12.4. The quantitative estimate of drug-likeness (QED) is 0.721. The Labute approximate surface area is 106 Å². The smallest absolute Gasteiger partial charge is 0.219 e.